The molecule has 7 nitrogen and oxygen atoms in total. The van der Waals surface area contributed by atoms with Crippen LogP contribution < -0.4 is 25.4 Å². The zero-order valence-electron chi connectivity index (χ0n) is 16.3. The quantitative estimate of drug-likeness (QED) is 0.694. The van der Waals surface area contributed by atoms with Crippen LogP contribution in [0, 0.1) is 5.82 Å². The third kappa shape index (κ3) is 4.48. The Hall–Kier alpha value is -3.55. The van der Waals surface area contributed by atoms with Gasteiger partial charge < -0.3 is 25.4 Å². The van der Waals surface area contributed by atoms with E-state index in [1.807, 2.05) is 6.92 Å². The Balaban J connectivity index is 1.95. The van der Waals surface area contributed by atoms with Crippen molar-refractivity contribution in [1.82, 2.24) is 10.6 Å². The highest BCUT2D eigenvalue weighted by Crippen LogP contribution is 2.34. The molecular weight excluding hydrogens is 377 g/mol. The number of allylic oxidation sites excluding steroid dienone is 1. The van der Waals surface area contributed by atoms with E-state index in [-0.39, 0.29) is 0 Å². The van der Waals surface area contributed by atoms with Gasteiger partial charge in [0.25, 0.3) is 5.91 Å². The topological polar surface area (TPSA) is 88.7 Å². The minimum absolute atomic E-state index is 0.333. The number of carbonyl (C=O) groups is 2. The predicted molar refractivity (Wildman–Crippen MR) is 106 cm³/mol. The Morgan fingerprint density at radius 1 is 1.17 bits per heavy atom. The highest BCUT2D eigenvalue weighted by atomic mass is 19.1. The largest absolute Gasteiger partial charge is 0.493 e. The highest BCUT2D eigenvalue weighted by molar-refractivity contribution is 6.06. The number of hydrogen-bond acceptors (Lipinski definition) is 4. The molecule has 3 N–H and O–H groups in total. The van der Waals surface area contributed by atoms with Crippen LogP contribution in [0.4, 0.5) is 14.9 Å². The third-order valence-electron chi connectivity index (χ3n) is 4.44. The molecule has 0 bridgehead atoms. The lowest BCUT2D eigenvalue weighted by Crippen LogP contribution is -2.46. The molecule has 152 valence electrons. The Bertz CT molecular complexity index is 957. The van der Waals surface area contributed by atoms with Crippen LogP contribution in [0.3, 0.4) is 0 Å². The molecule has 0 aromatic heterocycles. The minimum atomic E-state index is -0.700. The summed E-state index contributed by atoms with van der Waals surface area (Å²) in [5, 5.41) is 8.12. The number of urea groups is 1. The summed E-state index contributed by atoms with van der Waals surface area (Å²) in [6.45, 7) is 3.99. The first-order chi connectivity index (χ1) is 13.9. The van der Waals surface area contributed by atoms with E-state index in [4.69, 9.17) is 9.47 Å². The van der Waals surface area contributed by atoms with Crippen molar-refractivity contribution in [2.24, 2.45) is 0 Å². The summed E-state index contributed by atoms with van der Waals surface area (Å²) >= 11 is 0. The normalized spacial score (nSPS) is 16.0. The van der Waals surface area contributed by atoms with Crippen molar-refractivity contribution in [1.29, 1.82) is 0 Å². The summed E-state index contributed by atoms with van der Waals surface area (Å²) in [6, 6.07) is 9.55. The molecule has 0 unspecified atom stereocenters. The molecule has 0 fully saturated rings. The van der Waals surface area contributed by atoms with Crippen molar-refractivity contribution in [2.45, 2.75) is 19.9 Å². The molecule has 0 saturated heterocycles. The van der Waals surface area contributed by atoms with E-state index < -0.39 is 23.8 Å². The van der Waals surface area contributed by atoms with Gasteiger partial charge in [0.2, 0.25) is 0 Å². The summed E-state index contributed by atoms with van der Waals surface area (Å²) in [4.78, 5) is 25.0. The first-order valence-corrected chi connectivity index (χ1v) is 9.08. The summed E-state index contributed by atoms with van der Waals surface area (Å²) in [5.41, 5.74) is 1.85. The molecule has 29 heavy (non-hydrogen) atoms. The molecule has 2 aromatic rings. The van der Waals surface area contributed by atoms with Gasteiger partial charge >= 0.3 is 6.03 Å². The lowest BCUT2D eigenvalue weighted by Gasteiger charge is -2.29. The number of amides is 3. The van der Waals surface area contributed by atoms with Gasteiger partial charge in [0, 0.05) is 11.4 Å². The van der Waals surface area contributed by atoms with Gasteiger partial charge in [-0.25, -0.2) is 9.18 Å². The van der Waals surface area contributed by atoms with Gasteiger partial charge in [0.15, 0.2) is 11.5 Å². The highest BCUT2D eigenvalue weighted by Gasteiger charge is 2.31. The number of halogens is 1. The Morgan fingerprint density at radius 2 is 1.90 bits per heavy atom. The standard InChI is InChI=1S/C21H22FN3O4/c1-4-29-16-10-5-13(11-17(16)28-3)19-18(12(2)23-21(27)25-19)20(26)24-15-8-6-14(22)7-9-15/h5-11,19H,4H2,1-3H3,(H,24,26)(H2,23,25,27)/t19-/m1/s1. The molecule has 2 aromatic carbocycles. The van der Waals surface area contributed by atoms with Crippen molar-refractivity contribution in [3.8, 4) is 11.5 Å². The fourth-order valence-corrected chi connectivity index (χ4v) is 3.12. The number of ether oxygens (including phenoxy) is 2. The molecule has 1 aliphatic heterocycles. The van der Waals surface area contributed by atoms with Crippen LogP contribution >= 0.6 is 0 Å². The number of anilines is 1. The van der Waals surface area contributed by atoms with Crippen LogP contribution in [0.2, 0.25) is 0 Å². The maximum absolute atomic E-state index is 13.1. The monoisotopic (exact) mass is 399 g/mol. The second kappa shape index (κ2) is 8.64. The zero-order chi connectivity index (χ0) is 21.0. The van der Waals surface area contributed by atoms with Crippen LogP contribution in [-0.4, -0.2) is 25.7 Å². The van der Waals surface area contributed by atoms with E-state index in [0.717, 1.165) is 0 Å². The molecule has 1 heterocycles. The summed E-state index contributed by atoms with van der Waals surface area (Å²) < 4.78 is 24.0. The lowest BCUT2D eigenvalue weighted by atomic mass is 9.94. The summed E-state index contributed by atoms with van der Waals surface area (Å²) in [6.07, 6.45) is 0. The van der Waals surface area contributed by atoms with E-state index >= 15 is 0 Å². The smallest absolute Gasteiger partial charge is 0.319 e. The van der Waals surface area contributed by atoms with Crippen LogP contribution in [0.15, 0.2) is 53.7 Å². The number of hydrogen-bond donors (Lipinski definition) is 3. The van der Waals surface area contributed by atoms with Gasteiger partial charge in [0.05, 0.1) is 25.3 Å². The fourth-order valence-electron chi connectivity index (χ4n) is 3.12. The first kappa shape index (κ1) is 20.2. The number of nitrogens with one attached hydrogen (secondary N) is 3. The average Bonchev–Trinajstić information content (AvgIpc) is 2.69. The third-order valence-corrected chi connectivity index (χ3v) is 4.44. The van der Waals surface area contributed by atoms with Crippen molar-refractivity contribution in [2.75, 3.05) is 19.0 Å². The van der Waals surface area contributed by atoms with Crippen LogP contribution in [0.1, 0.15) is 25.5 Å². The molecule has 1 atom stereocenters. The molecular formula is C21H22FN3O4. The Morgan fingerprint density at radius 3 is 2.55 bits per heavy atom. The average molecular weight is 399 g/mol. The molecule has 8 heteroatoms. The molecule has 1 aliphatic rings. The second-order valence-corrected chi connectivity index (χ2v) is 6.37. The van der Waals surface area contributed by atoms with Gasteiger partial charge in [-0.3, -0.25) is 4.79 Å². The second-order valence-electron chi connectivity index (χ2n) is 6.37. The molecule has 3 amide bonds. The maximum atomic E-state index is 13.1. The summed E-state index contributed by atoms with van der Waals surface area (Å²) in [7, 11) is 1.52. The predicted octanol–water partition coefficient (Wildman–Crippen LogP) is 3.50. The van der Waals surface area contributed by atoms with E-state index in [1.165, 1.54) is 31.4 Å². The number of rotatable bonds is 6. The van der Waals surface area contributed by atoms with Gasteiger partial charge in [-0.1, -0.05) is 6.07 Å². The van der Waals surface area contributed by atoms with Gasteiger partial charge in [-0.15, -0.1) is 0 Å². The molecule has 3 rings (SSSR count). The SMILES string of the molecule is CCOc1ccc([C@H]2NC(=O)NC(C)=C2C(=O)Nc2ccc(F)cc2)cc1OC. The Kier molecular flexibility index (Phi) is 6.01. The van der Waals surface area contributed by atoms with Gasteiger partial charge in [0.1, 0.15) is 5.82 Å². The number of benzene rings is 2. The van der Waals surface area contributed by atoms with Gasteiger partial charge in [-0.05, 0) is 55.8 Å². The van der Waals surface area contributed by atoms with Gasteiger partial charge in [-0.2, -0.15) is 0 Å². The molecule has 0 radical (unpaired) electrons. The number of carbonyl (C=O) groups excluding carboxylic acids is 2. The molecule has 0 aliphatic carbocycles. The van der Waals surface area contributed by atoms with Crippen LogP contribution in [0.25, 0.3) is 0 Å². The fraction of sp³-hybridized carbons (Fsp3) is 0.238. The van der Waals surface area contributed by atoms with E-state index in [9.17, 15) is 14.0 Å². The van der Waals surface area contributed by atoms with Crippen molar-refractivity contribution >= 4 is 17.6 Å². The maximum Gasteiger partial charge on any atom is 0.319 e. The number of methoxy groups -OCH3 is 1. The minimum Gasteiger partial charge on any atom is -0.493 e. The van der Waals surface area contributed by atoms with Crippen LogP contribution in [0.5, 0.6) is 11.5 Å². The van der Waals surface area contributed by atoms with E-state index in [2.05, 4.69) is 16.0 Å². The van der Waals surface area contributed by atoms with E-state index in [0.29, 0.717) is 40.6 Å². The Labute approximate surface area is 167 Å². The van der Waals surface area contributed by atoms with Crippen molar-refractivity contribution < 1.29 is 23.5 Å². The molecule has 0 spiro atoms. The lowest BCUT2D eigenvalue weighted by molar-refractivity contribution is -0.113. The first-order valence-electron chi connectivity index (χ1n) is 9.08. The zero-order valence-corrected chi connectivity index (χ0v) is 16.3. The summed E-state index contributed by atoms with van der Waals surface area (Å²) in [5.74, 6) is 0.244. The van der Waals surface area contributed by atoms with Crippen molar-refractivity contribution in [3.63, 3.8) is 0 Å². The van der Waals surface area contributed by atoms with Crippen molar-refractivity contribution in [3.05, 3.63) is 65.1 Å². The molecule has 0 saturated carbocycles. The van der Waals surface area contributed by atoms with Crippen LogP contribution in [-0.2, 0) is 4.79 Å². The van der Waals surface area contributed by atoms with E-state index in [1.54, 1.807) is 25.1 Å².